The number of rotatable bonds is 7. The van der Waals surface area contributed by atoms with E-state index in [-0.39, 0.29) is 22.9 Å². The molecule has 146 valence electrons. The van der Waals surface area contributed by atoms with Gasteiger partial charge in [0.2, 0.25) is 15.9 Å². The summed E-state index contributed by atoms with van der Waals surface area (Å²) in [5.74, 6) is 0.348. The summed E-state index contributed by atoms with van der Waals surface area (Å²) in [6.45, 7) is 4.10. The fourth-order valence-electron chi connectivity index (χ4n) is 3.31. The first-order chi connectivity index (χ1) is 12.2. The van der Waals surface area contributed by atoms with Gasteiger partial charge in [-0.1, -0.05) is 0 Å². The predicted molar refractivity (Wildman–Crippen MR) is 101 cm³/mol. The second-order valence-electron chi connectivity index (χ2n) is 6.87. The van der Waals surface area contributed by atoms with Crippen LogP contribution < -0.4 is 14.8 Å². The number of carbonyl (C=O) groups excluding carboxylic acids is 1. The molecule has 0 aromatic heterocycles. The van der Waals surface area contributed by atoms with Crippen LogP contribution in [0, 0.1) is 13.8 Å². The first-order valence-corrected chi connectivity index (χ1v) is 10.2. The number of amides is 1. The predicted octanol–water partition coefficient (Wildman–Crippen LogP) is 1.19. The number of likely N-dealkylation sites (N-methyl/N-ethyl adjacent to an activating group) is 1. The Labute approximate surface area is 156 Å². The van der Waals surface area contributed by atoms with Crippen molar-refractivity contribution in [3.63, 3.8) is 0 Å². The molecule has 1 saturated heterocycles. The van der Waals surface area contributed by atoms with Crippen LogP contribution in [-0.4, -0.2) is 59.1 Å². The van der Waals surface area contributed by atoms with Gasteiger partial charge in [-0.3, -0.25) is 9.69 Å². The maximum absolute atomic E-state index is 12.8. The number of carbonyl (C=O) groups is 1. The van der Waals surface area contributed by atoms with Crippen molar-refractivity contribution < 1.29 is 17.9 Å². The lowest BCUT2D eigenvalue weighted by molar-refractivity contribution is -0.121. The number of methoxy groups -OCH3 is 1. The second kappa shape index (κ2) is 8.37. The fraction of sp³-hybridized carbons (Fsp3) is 0.611. The zero-order valence-electron chi connectivity index (χ0n) is 16.1. The summed E-state index contributed by atoms with van der Waals surface area (Å²) < 4.78 is 33.5. The molecule has 0 radical (unpaired) electrons. The van der Waals surface area contributed by atoms with E-state index in [1.54, 1.807) is 19.2 Å². The summed E-state index contributed by atoms with van der Waals surface area (Å²) in [5, 5.41) is 2.64. The quantitative estimate of drug-likeness (QED) is 0.738. The van der Waals surface area contributed by atoms with Crippen LogP contribution in [-0.2, 0) is 14.8 Å². The molecule has 1 fully saturated rings. The number of sulfonamides is 1. The van der Waals surface area contributed by atoms with Crippen LogP contribution in [0.5, 0.6) is 5.75 Å². The van der Waals surface area contributed by atoms with Gasteiger partial charge in [-0.2, -0.15) is 0 Å². The maximum atomic E-state index is 12.8. The molecule has 2 atom stereocenters. The monoisotopic (exact) mass is 383 g/mol. The smallest absolute Gasteiger partial charge is 0.244 e. The number of likely N-dealkylation sites (tertiary alicyclic amines) is 1. The third kappa shape index (κ3) is 4.55. The van der Waals surface area contributed by atoms with Crippen molar-refractivity contribution in [2.75, 3.05) is 27.7 Å². The molecule has 1 aromatic carbocycles. The van der Waals surface area contributed by atoms with Gasteiger partial charge in [0.05, 0.1) is 7.11 Å². The highest BCUT2D eigenvalue weighted by Crippen LogP contribution is 2.28. The zero-order chi connectivity index (χ0) is 19.5. The summed E-state index contributed by atoms with van der Waals surface area (Å²) in [4.78, 5) is 13.8. The van der Waals surface area contributed by atoms with Gasteiger partial charge in [0.15, 0.2) is 0 Å². The van der Waals surface area contributed by atoms with Gasteiger partial charge in [0, 0.05) is 32.1 Å². The molecule has 7 nitrogen and oxygen atoms in total. The van der Waals surface area contributed by atoms with Crippen molar-refractivity contribution in [3.8, 4) is 5.75 Å². The van der Waals surface area contributed by atoms with Gasteiger partial charge < -0.3 is 10.1 Å². The van der Waals surface area contributed by atoms with Gasteiger partial charge in [0.1, 0.15) is 10.6 Å². The standard InChI is InChI=1S/C18H29N3O4S/c1-12-8-16(25-5)17(9-13(12)2)26(23,24)20-11-15-7-6-14(21(15)4)10-18(22)19-3/h8-9,14-15,20H,6-7,10-11H2,1-5H3,(H,19,22)/t14-,15+/m1/s1. The third-order valence-corrected chi connectivity index (χ3v) is 6.71. The maximum Gasteiger partial charge on any atom is 0.244 e. The van der Waals surface area contributed by atoms with Crippen molar-refractivity contribution in [2.24, 2.45) is 0 Å². The van der Waals surface area contributed by atoms with E-state index in [4.69, 9.17) is 4.74 Å². The summed E-state index contributed by atoms with van der Waals surface area (Å²) >= 11 is 0. The Morgan fingerprint density at radius 1 is 1.23 bits per heavy atom. The minimum atomic E-state index is -3.68. The molecule has 1 heterocycles. The number of nitrogens with zero attached hydrogens (tertiary/aromatic N) is 1. The Bertz CT molecular complexity index is 764. The minimum Gasteiger partial charge on any atom is -0.495 e. The lowest BCUT2D eigenvalue weighted by Crippen LogP contribution is -2.42. The number of nitrogens with one attached hydrogen (secondary N) is 2. The summed E-state index contributed by atoms with van der Waals surface area (Å²) in [7, 11) is 1.36. The normalized spacial score (nSPS) is 21.0. The molecule has 1 aliphatic heterocycles. The van der Waals surface area contributed by atoms with E-state index in [1.165, 1.54) is 7.11 Å². The van der Waals surface area contributed by atoms with Crippen molar-refractivity contribution in [3.05, 3.63) is 23.3 Å². The van der Waals surface area contributed by atoms with E-state index < -0.39 is 10.0 Å². The van der Waals surface area contributed by atoms with Crippen LogP contribution in [0.4, 0.5) is 0 Å². The Morgan fingerprint density at radius 3 is 2.46 bits per heavy atom. The molecular formula is C18H29N3O4S. The lowest BCUT2D eigenvalue weighted by Gasteiger charge is -2.25. The largest absolute Gasteiger partial charge is 0.495 e. The highest BCUT2D eigenvalue weighted by molar-refractivity contribution is 7.89. The van der Waals surface area contributed by atoms with Gasteiger partial charge in [-0.05, 0) is 57.0 Å². The molecule has 1 amide bonds. The molecule has 0 spiro atoms. The van der Waals surface area contributed by atoms with E-state index in [0.717, 1.165) is 24.0 Å². The second-order valence-corrected chi connectivity index (χ2v) is 8.60. The van der Waals surface area contributed by atoms with Crippen molar-refractivity contribution >= 4 is 15.9 Å². The summed E-state index contributed by atoms with van der Waals surface area (Å²) in [6.07, 6.45) is 2.16. The SMILES string of the molecule is CNC(=O)C[C@H]1CC[C@@H](CNS(=O)(=O)c2cc(C)c(C)cc2OC)N1C. The summed E-state index contributed by atoms with van der Waals surface area (Å²) in [6, 6.07) is 3.59. The van der Waals surface area contributed by atoms with Crippen molar-refractivity contribution in [1.82, 2.24) is 14.9 Å². The fourth-order valence-corrected chi connectivity index (χ4v) is 4.62. The number of hydrogen-bond acceptors (Lipinski definition) is 5. The third-order valence-electron chi connectivity index (χ3n) is 5.26. The molecule has 0 bridgehead atoms. The zero-order valence-corrected chi connectivity index (χ0v) is 16.9. The minimum absolute atomic E-state index is 0.00273. The summed E-state index contributed by atoms with van der Waals surface area (Å²) in [5.41, 5.74) is 1.88. The molecule has 1 aromatic rings. The highest BCUT2D eigenvalue weighted by Gasteiger charge is 2.32. The Balaban J connectivity index is 2.07. The van der Waals surface area contributed by atoms with Gasteiger partial charge >= 0.3 is 0 Å². The van der Waals surface area contributed by atoms with E-state index >= 15 is 0 Å². The molecule has 0 saturated carbocycles. The number of hydrogen-bond donors (Lipinski definition) is 2. The molecule has 8 heteroatoms. The molecule has 2 rings (SSSR count). The molecule has 0 aliphatic carbocycles. The van der Waals surface area contributed by atoms with Crippen molar-refractivity contribution in [2.45, 2.75) is 50.1 Å². The number of benzene rings is 1. The van der Waals surface area contributed by atoms with Crippen LogP contribution >= 0.6 is 0 Å². The van der Waals surface area contributed by atoms with Gasteiger partial charge in [-0.25, -0.2) is 13.1 Å². The van der Waals surface area contributed by atoms with Crippen LogP contribution in [0.15, 0.2) is 17.0 Å². The average molecular weight is 384 g/mol. The van der Waals surface area contributed by atoms with E-state index in [0.29, 0.717) is 18.7 Å². The Morgan fingerprint density at radius 2 is 1.85 bits per heavy atom. The Hall–Kier alpha value is -1.64. The molecule has 2 N–H and O–H groups in total. The van der Waals surface area contributed by atoms with Crippen LogP contribution in [0.3, 0.4) is 0 Å². The van der Waals surface area contributed by atoms with Gasteiger partial charge in [0.25, 0.3) is 0 Å². The Kier molecular flexibility index (Phi) is 6.65. The highest BCUT2D eigenvalue weighted by atomic mass is 32.2. The van der Waals surface area contributed by atoms with E-state index in [9.17, 15) is 13.2 Å². The first-order valence-electron chi connectivity index (χ1n) is 8.77. The van der Waals surface area contributed by atoms with Crippen LogP contribution in [0.25, 0.3) is 0 Å². The van der Waals surface area contributed by atoms with Crippen molar-refractivity contribution in [1.29, 1.82) is 0 Å². The molecular weight excluding hydrogens is 354 g/mol. The molecule has 1 aliphatic rings. The first kappa shape index (κ1) is 20.7. The van der Waals surface area contributed by atoms with E-state index in [1.807, 2.05) is 20.9 Å². The number of ether oxygens (including phenoxy) is 1. The average Bonchev–Trinajstić information content (AvgIpc) is 2.94. The molecule has 26 heavy (non-hydrogen) atoms. The number of aryl methyl sites for hydroxylation is 2. The topological polar surface area (TPSA) is 87.7 Å². The van der Waals surface area contributed by atoms with Gasteiger partial charge in [-0.15, -0.1) is 0 Å². The van der Waals surface area contributed by atoms with Crippen LogP contribution in [0.2, 0.25) is 0 Å². The lowest BCUT2D eigenvalue weighted by atomic mass is 10.1. The van der Waals surface area contributed by atoms with E-state index in [2.05, 4.69) is 14.9 Å². The molecule has 0 unspecified atom stereocenters. The van der Waals surface area contributed by atoms with Crippen LogP contribution in [0.1, 0.15) is 30.4 Å².